The normalized spacial score (nSPS) is 9.94. The van der Waals surface area contributed by atoms with Crippen molar-refractivity contribution in [1.29, 1.82) is 0 Å². The Morgan fingerprint density at radius 1 is 1.44 bits per heavy atom. The van der Waals surface area contributed by atoms with Gasteiger partial charge >= 0.3 is 6.09 Å². The molecule has 0 aliphatic heterocycles. The molecule has 88 valence electrons. The van der Waals surface area contributed by atoms with Crippen LogP contribution in [0, 0.1) is 11.6 Å². The van der Waals surface area contributed by atoms with Crippen LogP contribution in [0.4, 0.5) is 19.3 Å². The topological polar surface area (TPSA) is 64.3 Å². The number of ether oxygens (including phenoxy) is 1. The van der Waals surface area contributed by atoms with E-state index in [1.807, 2.05) is 0 Å². The van der Waals surface area contributed by atoms with Gasteiger partial charge in [0.1, 0.15) is 11.6 Å². The number of anilines is 1. The summed E-state index contributed by atoms with van der Waals surface area (Å²) in [6.07, 6.45) is -0.266. The zero-order valence-corrected chi connectivity index (χ0v) is 8.50. The van der Waals surface area contributed by atoms with Gasteiger partial charge in [0, 0.05) is 6.07 Å². The average Bonchev–Trinajstić information content (AvgIpc) is 2.23. The van der Waals surface area contributed by atoms with Gasteiger partial charge in [-0.05, 0) is 25.1 Å². The summed E-state index contributed by atoms with van der Waals surface area (Å²) < 4.78 is 30.3. The van der Waals surface area contributed by atoms with E-state index in [9.17, 15) is 13.6 Å². The van der Waals surface area contributed by atoms with Gasteiger partial charge in [-0.3, -0.25) is 5.32 Å². The first-order chi connectivity index (χ1) is 7.63. The van der Waals surface area contributed by atoms with Crippen molar-refractivity contribution in [2.24, 2.45) is 5.73 Å². The summed E-state index contributed by atoms with van der Waals surface area (Å²) in [7, 11) is 0. The van der Waals surface area contributed by atoms with Crippen molar-refractivity contribution < 1.29 is 18.3 Å². The second kappa shape index (κ2) is 6.02. The van der Waals surface area contributed by atoms with Crippen LogP contribution >= 0.6 is 0 Å². The van der Waals surface area contributed by atoms with Gasteiger partial charge in [-0.25, -0.2) is 13.6 Å². The van der Waals surface area contributed by atoms with Crippen LogP contribution in [0.15, 0.2) is 18.2 Å². The summed E-state index contributed by atoms with van der Waals surface area (Å²) in [5, 5.41) is 2.15. The first-order valence-electron chi connectivity index (χ1n) is 4.72. The zero-order valence-electron chi connectivity index (χ0n) is 8.50. The summed E-state index contributed by atoms with van der Waals surface area (Å²) in [4.78, 5) is 11.1. The lowest BCUT2D eigenvalue weighted by molar-refractivity contribution is 0.161. The maximum Gasteiger partial charge on any atom is 0.411 e. The number of hydrogen-bond acceptors (Lipinski definition) is 3. The number of nitrogens with one attached hydrogen (secondary N) is 1. The van der Waals surface area contributed by atoms with Crippen molar-refractivity contribution >= 4 is 11.8 Å². The van der Waals surface area contributed by atoms with Crippen molar-refractivity contribution in [1.82, 2.24) is 0 Å². The molecule has 0 spiro atoms. The van der Waals surface area contributed by atoms with E-state index in [2.05, 4.69) is 10.1 Å². The Morgan fingerprint density at radius 3 is 2.81 bits per heavy atom. The van der Waals surface area contributed by atoms with E-state index in [4.69, 9.17) is 5.73 Å². The fourth-order valence-electron chi connectivity index (χ4n) is 0.985. The van der Waals surface area contributed by atoms with Gasteiger partial charge in [0.25, 0.3) is 0 Å². The molecule has 6 heteroatoms. The highest BCUT2D eigenvalue weighted by Gasteiger charge is 2.08. The third-order valence-corrected chi connectivity index (χ3v) is 1.75. The Labute approximate surface area is 91.4 Å². The van der Waals surface area contributed by atoms with E-state index in [0.717, 1.165) is 12.1 Å². The highest BCUT2D eigenvalue weighted by atomic mass is 19.1. The molecule has 0 aliphatic carbocycles. The zero-order chi connectivity index (χ0) is 12.0. The van der Waals surface area contributed by atoms with Crippen LogP contribution in [0.2, 0.25) is 0 Å². The SMILES string of the molecule is NCCCOC(=O)Nc1ccc(F)cc1F. The minimum absolute atomic E-state index is 0.126. The van der Waals surface area contributed by atoms with Gasteiger partial charge in [0.15, 0.2) is 0 Å². The molecule has 0 aromatic heterocycles. The molecule has 0 heterocycles. The molecule has 0 bridgehead atoms. The van der Waals surface area contributed by atoms with Gasteiger partial charge in [0.2, 0.25) is 0 Å². The minimum atomic E-state index is -0.851. The number of rotatable bonds is 4. The summed E-state index contributed by atoms with van der Waals surface area (Å²) in [5.74, 6) is -1.56. The smallest absolute Gasteiger partial charge is 0.411 e. The monoisotopic (exact) mass is 230 g/mol. The molecule has 1 aromatic carbocycles. The molecule has 16 heavy (non-hydrogen) atoms. The fourth-order valence-corrected chi connectivity index (χ4v) is 0.985. The fraction of sp³-hybridized carbons (Fsp3) is 0.300. The van der Waals surface area contributed by atoms with Gasteiger partial charge in [-0.2, -0.15) is 0 Å². The van der Waals surface area contributed by atoms with E-state index in [0.29, 0.717) is 19.0 Å². The van der Waals surface area contributed by atoms with Gasteiger partial charge in [-0.15, -0.1) is 0 Å². The molecule has 1 rings (SSSR count). The quantitative estimate of drug-likeness (QED) is 0.776. The number of benzene rings is 1. The number of halogens is 2. The van der Waals surface area contributed by atoms with Crippen molar-refractivity contribution in [2.45, 2.75) is 6.42 Å². The van der Waals surface area contributed by atoms with Crippen molar-refractivity contribution in [3.63, 3.8) is 0 Å². The Bertz CT molecular complexity index is 372. The summed E-state index contributed by atoms with van der Waals surface area (Å²) in [5.41, 5.74) is 5.07. The molecule has 0 aliphatic rings. The molecular weight excluding hydrogens is 218 g/mol. The largest absolute Gasteiger partial charge is 0.449 e. The highest BCUT2D eigenvalue weighted by molar-refractivity contribution is 5.84. The van der Waals surface area contributed by atoms with Crippen LogP contribution in [-0.4, -0.2) is 19.2 Å². The third kappa shape index (κ3) is 3.82. The Kier molecular flexibility index (Phi) is 4.65. The van der Waals surface area contributed by atoms with Crippen molar-refractivity contribution in [2.75, 3.05) is 18.5 Å². The van der Waals surface area contributed by atoms with Gasteiger partial charge in [-0.1, -0.05) is 0 Å². The number of nitrogens with two attached hydrogens (primary N) is 1. The second-order valence-corrected chi connectivity index (χ2v) is 3.03. The number of carbonyl (C=O) groups is 1. The lowest BCUT2D eigenvalue weighted by Gasteiger charge is -2.07. The van der Waals surface area contributed by atoms with E-state index < -0.39 is 17.7 Å². The first kappa shape index (κ1) is 12.4. The van der Waals surface area contributed by atoms with E-state index >= 15 is 0 Å². The Morgan fingerprint density at radius 2 is 2.19 bits per heavy atom. The lowest BCUT2D eigenvalue weighted by atomic mass is 10.3. The molecule has 0 saturated heterocycles. The molecule has 1 amide bonds. The highest BCUT2D eigenvalue weighted by Crippen LogP contribution is 2.14. The first-order valence-corrected chi connectivity index (χ1v) is 4.72. The second-order valence-electron chi connectivity index (χ2n) is 3.03. The summed E-state index contributed by atoms with van der Waals surface area (Å²) in [6.45, 7) is 0.559. The predicted octanol–water partition coefficient (Wildman–Crippen LogP) is 1.86. The number of carbonyl (C=O) groups excluding carboxylic acids is 1. The molecule has 3 N–H and O–H groups in total. The standard InChI is InChI=1S/C10H12F2N2O2/c11-7-2-3-9(8(12)6-7)14-10(15)16-5-1-4-13/h2-3,6H,1,4-5,13H2,(H,14,15). The van der Waals surface area contributed by atoms with Crippen LogP contribution < -0.4 is 11.1 Å². The molecule has 4 nitrogen and oxygen atoms in total. The number of hydrogen-bond donors (Lipinski definition) is 2. The van der Waals surface area contributed by atoms with Gasteiger partial charge in [0.05, 0.1) is 12.3 Å². The Balaban J connectivity index is 2.49. The van der Waals surface area contributed by atoms with E-state index in [1.54, 1.807) is 0 Å². The minimum Gasteiger partial charge on any atom is -0.449 e. The van der Waals surface area contributed by atoms with Crippen molar-refractivity contribution in [3.05, 3.63) is 29.8 Å². The van der Waals surface area contributed by atoms with Crippen molar-refractivity contribution in [3.8, 4) is 0 Å². The number of amides is 1. The van der Waals surface area contributed by atoms with Crippen LogP contribution in [-0.2, 0) is 4.74 Å². The van der Waals surface area contributed by atoms with Crippen LogP contribution in [0.25, 0.3) is 0 Å². The molecule has 1 aromatic rings. The predicted molar refractivity (Wildman–Crippen MR) is 55.0 cm³/mol. The van der Waals surface area contributed by atoms with Crippen LogP contribution in [0.5, 0.6) is 0 Å². The van der Waals surface area contributed by atoms with Crippen LogP contribution in [0.3, 0.4) is 0 Å². The van der Waals surface area contributed by atoms with E-state index in [1.165, 1.54) is 0 Å². The third-order valence-electron chi connectivity index (χ3n) is 1.75. The van der Waals surface area contributed by atoms with Gasteiger partial charge < -0.3 is 10.5 Å². The summed E-state index contributed by atoms with van der Waals surface area (Å²) in [6, 6.07) is 2.84. The molecule has 0 unspecified atom stereocenters. The maximum atomic E-state index is 13.1. The molecular formula is C10H12F2N2O2. The maximum absolute atomic E-state index is 13.1. The Hall–Kier alpha value is -1.69. The van der Waals surface area contributed by atoms with E-state index in [-0.39, 0.29) is 12.3 Å². The molecule has 0 fully saturated rings. The average molecular weight is 230 g/mol. The molecule has 0 atom stereocenters. The molecule has 0 saturated carbocycles. The summed E-state index contributed by atoms with van der Waals surface area (Å²) >= 11 is 0. The lowest BCUT2D eigenvalue weighted by Crippen LogP contribution is -2.16. The van der Waals surface area contributed by atoms with Crippen LogP contribution in [0.1, 0.15) is 6.42 Å². The molecule has 0 radical (unpaired) electrons.